The Hall–Kier alpha value is -1.84. The Balaban J connectivity index is 2.28. The Morgan fingerprint density at radius 3 is 2.53 bits per heavy atom. The summed E-state index contributed by atoms with van der Waals surface area (Å²) in [7, 11) is 0. The summed E-state index contributed by atoms with van der Waals surface area (Å²) in [4.78, 5) is 22.2. The van der Waals surface area contributed by atoms with E-state index in [2.05, 4.69) is 5.32 Å². The van der Waals surface area contributed by atoms with E-state index < -0.39 is 5.91 Å². The highest BCUT2D eigenvalue weighted by Crippen LogP contribution is 2.02. The molecule has 0 saturated carbocycles. The molecule has 0 aliphatic heterocycles. The molecule has 0 fully saturated rings. The van der Waals surface area contributed by atoms with Crippen molar-refractivity contribution in [3.05, 3.63) is 35.9 Å². The third-order valence-corrected chi connectivity index (χ3v) is 2.40. The van der Waals surface area contributed by atoms with Gasteiger partial charge in [-0.1, -0.05) is 30.3 Å². The fourth-order valence-corrected chi connectivity index (χ4v) is 1.60. The molecule has 0 aromatic heterocycles. The molecule has 1 rings (SSSR count). The molecule has 0 radical (unpaired) electrons. The zero-order valence-electron chi connectivity index (χ0n) is 9.98. The van der Waals surface area contributed by atoms with E-state index in [0.29, 0.717) is 12.8 Å². The van der Waals surface area contributed by atoms with Gasteiger partial charge in [-0.05, 0) is 18.9 Å². The van der Waals surface area contributed by atoms with Gasteiger partial charge in [0.1, 0.15) is 0 Å². The zero-order chi connectivity index (χ0) is 12.7. The number of rotatable bonds is 6. The number of benzene rings is 1. The summed E-state index contributed by atoms with van der Waals surface area (Å²) in [5.74, 6) is -0.455. The van der Waals surface area contributed by atoms with Crippen LogP contribution in [0.3, 0.4) is 0 Å². The minimum atomic E-state index is -0.402. The van der Waals surface area contributed by atoms with Gasteiger partial charge in [0, 0.05) is 18.9 Å². The highest BCUT2D eigenvalue weighted by atomic mass is 16.2. The average molecular weight is 234 g/mol. The highest BCUT2D eigenvalue weighted by Gasteiger charge is 2.09. The van der Waals surface area contributed by atoms with Crippen LogP contribution < -0.4 is 11.1 Å². The second-order valence-electron chi connectivity index (χ2n) is 4.12. The van der Waals surface area contributed by atoms with E-state index in [1.807, 2.05) is 30.3 Å². The summed E-state index contributed by atoms with van der Waals surface area (Å²) in [6.45, 7) is 1.77. The molecule has 4 heteroatoms. The first-order valence-electron chi connectivity index (χ1n) is 5.69. The van der Waals surface area contributed by atoms with Gasteiger partial charge in [-0.15, -0.1) is 0 Å². The van der Waals surface area contributed by atoms with Gasteiger partial charge in [0.15, 0.2) is 0 Å². The normalized spacial score (nSPS) is 11.8. The van der Waals surface area contributed by atoms with E-state index in [4.69, 9.17) is 5.73 Å². The van der Waals surface area contributed by atoms with Crippen molar-refractivity contribution in [1.29, 1.82) is 0 Å². The summed E-state index contributed by atoms with van der Waals surface area (Å²) in [5.41, 5.74) is 6.17. The Morgan fingerprint density at radius 1 is 1.29 bits per heavy atom. The predicted octanol–water partition coefficient (Wildman–Crippen LogP) is 0.999. The summed E-state index contributed by atoms with van der Waals surface area (Å²) in [5, 5.41) is 2.74. The lowest BCUT2D eigenvalue weighted by Gasteiger charge is -2.11. The van der Waals surface area contributed by atoms with E-state index in [1.54, 1.807) is 6.92 Å². The molecular formula is C13H18N2O2. The molecule has 92 valence electrons. The second-order valence-corrected chi connectivity index (χ2v) is 4.12. The van der Waals surface area contributed by atoms with E-state index in [9.17, 15) is 9.59 Å². The predicted molar refractivity (Wildman–Crippen MR) is 66.2 cm³/mol. The number of nitrogens with two attached hydrogens (primary N) is 1. The highest BCUT2D eigenvalue weighted by molar-refractivity contribution is 5.78. The van der Waals surface area contributed by atoms with Gasteiger partial charge in [-0.3, -0.25) is 9.59 Å². The fraction of sp³-hybridized carbons (Fsp3) is 0.385. The standard InChI is InChI=1S/C13H18N2O2/c1-10(9-12(14)16)15-13(17)8-7-11-5-3-2-4-6-11/h2-6,10H,7-9H2,1H3,(H2,14,16)(H,15,17)/t10-/m0/s1. The molecule has 0 aliphatic carbocycles. The van der Waals surface area contributed by atoms with Crippen LogP contribution in [0, 0.1) is 0 Å². The molecule has 0 aliphatic rings. The maximum atomic E-state index is 11.5. The van der Waals surface area contributed by atoms with Crippen molar-refractivity contribution in [2.75, 3.05) is 0 Å². The zero-order valence-corrected chi connectivity index (χ0v) is 9.98. The Bertz CT molecular complexity index is 376. The molecule has 1 atom stereocenters. The lowest BCUT2D eigenvalue weighted by Crippen LogP contribution is -2.35. The van der Waals surface area contributed by atoms with Gasteiger partial charge in [-0.2, -0.15) is 0 Å². The first-order chi connectivity index (χ1) is 8.08. The molecule has 0 unspecified atom stereocenters. The molecule has 2 amide bonds. The molecule has 1 aromatic carbocycles. The van der Waals surface area contributed by atoms with Crippen LogP contribution in [0.2, 0.25) is 0 Å². The third kappa shape index (κ3) is 5.70. The Labute approximate surface area is 101 Å². The average Bonchev–Trinajstić information content (AvgIpc) is 2.26. The van der Waals surface area contributed by atoms with E-state index in [0.717, 1.165) is 5.56 Å². The van der Waals surface area contributed by atoms with Crippen LogP contribution in [0.15, 0.2) is 30.3 Å². The molecule has 0 heterocycles. The van der Waals surface area contributed by atoms with Crippen LogP contribution in [0.1, 0.15) is 25.3 Å². The van der Waals surface area contributed by atoms with Gasteiger partial charge in [0.2, 0.25) is 11.8 Å². The van der Waals surface area contributed by atoms with E-state index >= 15 is 0 Å². The maximum absolute atomic E-state index is 11.5. The quantitative estimate of drug-likeness (QED) is 0.770. The van der Waals surface area contributed by atoms with Crippen LogP contribution >= 0.6 is 0 Å². The number of carbonyl (C=O) groups is 2. The summed E-state index contributed by atoms with van der Waals surface area (Å²) in [6, 6.07) is 9.61. The van der Waals surface area contributed by atoms with Crippen molar-refractivity contribution >= 4 is 11.8 Å². The lowest BCUT2D eigenvalue weighted by molar-refractivity contribution is -0.122. The number of nitrogens with one attached hydrogen (secondary N) is 1. The smallest absolute Gasteiger partial charge is 0.220 e. The summed E-state index contributed by atoms with van der Waals surface area (Å²) >= 11 is 0. The van der Waals surface area contributed by atoms with E-state index in [-0.39, 0.29) is 18.4 Å². The minimum absolute atomic E-state index is 0.0531. The van der Waals surface area contributed by atoms with Crippen molar-refractivity contribution in [3.8, 4) is 0 Å². The van der Waals surface area contributed by atoms with Crippen LogP contribution in [-0.4, -0.2) is 17.9 Å². The van der Waals surface area contributed by atoms with E-state index in [1.165, 1.54) is 0 Å². The number of primary amides is 1. The SMILES string of the molecule is C[C@@H](CC(N)=O)NC(=O)CCc1ccccc1. The molecular weight excluding hydrogens is 216 g/mol. The van der Waals surface area contributed by atoms with Crippen molar-refractivity contribution < 1.29 is 9.59 Å². The number of carbonyl (C=O) groups excluding carboxylic acids is 2. The Kier molecular flexibility index (Phi) is 5.20. The van der Waals surface area contributed by atoms with Gasteiger partial charge in [-0.25, -0.2) is 0 Å². The van der Waals surface area contributed by atoms with Gasteiger partial charge < -0.3 is 11.1 Å². The van der Waals surface area contributed by atoms with Gasteiger partial charge in [0.25, 0.3) is 0 Å². The van der Waals surface area contributed by atoms with Gasteiger partial charge in [0.05, 0.1) is 0 Å². The summed E-state index contributed by atoms with van der Waals surface area (Å²) < 4.78 is 0. The molecule has 1 aromatic rings. The topological polar surface area (TPSA) is 72.2 Å². The molecule has 17 heavy (non-hydrogen) atoms. The lowest BCUT2D eigenvalue weighted by atomic mass is 10.1. The largest absolute Gasteiger partial charge is 0.370 e. The number of amides is 2. The number of aryl methyl sites for hydroxylation is 1. The fourth-order valence-electron chi connectivity index (χ4n) is 1.60. The maximum Gasteiger partial charge on any atom is 0.220 e. The molecule has 3 N–H and O–H groups in total. The number of hydrogen-bond acceptors (Lipinski definition) is 2. The van der Waals surface area contributed by atoms with Crippen molar-refractivity contribution in [2.24, 2.45) is 5.73 Å². The second kappa shape index (κ2) is 6.68. The van der Waals surface area contributed by atoms with Gasteiger partial charge >= 0.3 is 0 Å². The molecule has 0 spiro atoms. The number of hydrogen-bond donors (Lipinski definition) is 2. The minimum Gasteiger partial charge on any atom is -0.370 e. The molecule has 0 saturated heterocycles. The van der Waals surface area contributed by atoms with Crippen LogP contribution in [0.4, 0.5) is 0 Å². The molecule has 0 bridgehead atoms. The van der Waals surface area contributed by atoms with Crippen molar-refractivity contribution in [3.63, 3.8) is 0 Å². The van der Waals surface area contributed by atoms with Crippen molar-refractivity contribution in [1.82, 2.24) is 5.32 Å². The third-order valence-electron chi connectivity index (χ3n) is 2.40. The molecule has 4 nitrogen and oxygen atoms in total. The van der Waals surface area contributed by atoms with Crippen LogP contribution in [0.25, 0.3) is 0 Å². The van der Waals surface area contributed by atoms with Crippen LogP contribution in [-0.2, 0) is 16.0 Å². The monoisotopic (exact) mass is 234 g/mol. The van der Waals surface area contributed by atoms with Crippen molar-refractivity contribution in [2.45, 2.75) is 32.2 Å². The first kappa shape index (κ1) is 13.2. The Morgan fingerprint density at radius 2 is 1.94 bits per heavy atom. The first-order valence-corrected chi connectivity index (χ1v) is 5.69. The summed E-state index contributed by atoms with van der Waals surface area (Å²) in [6.07, 6.45) is 1.31. The van der Waals surface area contributed by atoms with Crippen LogP contribution in [0.5, 0.6) is 0 Å².